The van der Waals surface area contributed by atoms with Crippen LogP contribution in [0.4, 0.5) is 0 Å². The number of ketones is 2. The Hall–Kier alpha value is -1.49. The molecule has 0 aliphatic rings. The van der Waals surface area contributed by atoms with E-state index in [1.54, 1.807) is 12.1 Å². The van der Waals surface area contributed by atoms with Gasteiger partial charge in [0.15, 0.2) is 0 Å². The van der Waals surface area contributed by atoms with Gasteiger partial charge in [-0.05, 0) is 24.8 Å². The van der Waals surface area contributed by atoms with Crippen LogP contribution in [0.1, 0.15) is 11.8 Å². The van der Waals surface area contributed by atoms with Gasteiger partial charge in [-0.3, -0.25) is 9.59 Å². The number of hydrogen-bond donors (Lipinski definition) is 1. The predicted molar refractivity (Wildman–Crippen MR) is 54.8 cm³/mol. The van der Waals surface area contributed by atoms with Gasteiger partial charge in [-0.15, -0.1) is 11.3 Å². The van der Waals surface area contributed by atoms with Crippen LogP contribution < -0.4 is 0 Å². The van der Waals surface area contributed by atoms with Gasteiger partial charge >= 0.3 is 5.97 Å². The molecule has 1 N–H and O–H groups in total. The third-order valence-corrected chi connectivity index (χ3v) is 2.90. The molecule has 0 saturated carbocycles. The molecule has 15 heavy (non-hydrogen) atoms. The summed E-state index contributed by atoms with van der Waals surface area (Å²) in [6, 6.07) is 3.57. The van der Waals surface area contributed by atoms with Gasteiger partial charge < -0.3 is 5.11 Å². The summed E-state index contributed by atoms with van der Waals surface area (Å²) in [5.74, 6) is -4.04. The van der Waals surface area contributed by atoms with Gasteiger partial charge in [-0.25, -0.2) is 4.79 Å². The summed E-state index contributed by atoms with van der Waals surface area (Å²) in [4.78, 5) is 33.6. The Labute approximate surface area is 90.5 Å². The molecular formula is C10H10O4S. The van der Waals surface area contributed by atoms with E-state index in [1.807, 2.05) is 5.38 Å². The zero-order chi connectivity index (χ0) is 11.4. The molecule has 0 bridgehead atoms. The molecule has 0 spiro atoms. The lowest BCUT2D eigenvalue weighted by Gasteiger charge is -2.07. The van der Waals surface area contributed by atoms with Crippen LogP contribution in [-0.2, 0) is 20.8 Å². The van der Waals surface area contributed by atoms with Crippen molar-refractivity contribution in [3.8, 4) is 0 Å². The Morgan fingerprint density at radius 2 is 2.13 bits per heavy atom. The first-order valence-electron chi connectivity index (χ1n) is 4.32. The number of hydrogen-bond acceptors (Lipinski definition) is 4. The maximum Gasteiger partial charge on any atom is 0.372 e. The summed E-state index contributed by atoms with van der Waals surface area (Å²) in [5, 5.41) is 10.3. The Bertz CT molecular complexity index is 380. The van der Waals surface area contributed by atoms with Crippen molar-refractivity contribution in [1.29, 1.82) is 0 Å². The van der Waals surface area contributed by atoms with E-state index >= 15 is 0 Å². The fourth-order valence-electron chi connectivity index (χ4n) is 1.20. The average Bonchev–Trinajstić information content (AvgIpc) is 2.64. The number of Topliss-reactive ketones (excluding diaryl/α,β-unsaturated/α-hetero) is 2. The molecule has 0 saturated heterocycles. The van der Waals surface area contributed by atoms with Crippen molar-refractivity contribution in [2.75, 3.05) is 0 Å². The van der Waals surface area contributed by atoms with Gasteiger partial charge in [0.25, 0.3) is 5.78 Å². The van der Waals surface area contributed by atoms with Gasteiger partial charge in [-0.1, -0.05) is 6.07 Å². The van der Waals surface area contributed by atoms with E-state index in [2.05, 4.69) is 0 Å². The molecule has 1 aromatic rings. The highest BCUT2D eigenvalue weighted by Gasteiger charge is 2.29. The summed E-state index contributed by atoms with van der Waals surface area (Å²) < 4.78 is 0. The molecule has 1 atom stereocenters. The second kappa shape index (κ2) is 4.84. The number of aliphatic carboxylic acids is 1. The van der Waals surface area contributed by atoms with Crippen molar-refractivity contribution in [3.05, 3.63) is 22.4 Å². The third kappa shape index (κ3) is 2.99. The van der Waals surface area contributed by atoms with Crippen LogP contribution in [-0.4, -0.2) is 22.6 Å². The summed E-state index contributed by atoms with van der Waals surface area (Å²) in [7, 11) is 0. The van der Waals surface area contributed by atoms with Crippen molar-refractivity contribution in [2.45, 2.75) is 13.3 Å². The number of carbonyl (C=O) groups is 3. The van der Waals surface area contributed by atoms with E-state index in [9.17, 15) is 14.4 Å². The first kappa shape index (κ1) is 11.6. The molecule has 0 aliphatic heterocycles. The summed E-state index contributed by atoms with van der Waals surface area (Å²) >= 11 is 1.40. The lowest BCUT2D eigenvalue weighted by molar-refractivity contribution is -0.152. The zero-order valence-corrected chi connectivity index (χ0v) is 8.91. The molecule has 1 rings (SSSR count). The maximum atomic E-state index is 11.2. The molecule has 80 valence electrons. The minimum Gasteiger partial charge on any atom is -0.475 e. The SMILES string of the molecule is CC(=O)C(Cc1cccs1)C(=O)C(=O)O. The van der Waals surface area contributed by atoms with Gasteiger partial charge in [0.2, 0.25) is 0 Å². The normalized spacial score (nSPS) is 12.1. The molecule has 0 amide bonds. The van der Waals surface area contributed by atoms with Crippen LogP contribution in [0, 0.1) is 5.92 Å². The van der Waals surface area contributed by atoms with Crippen LogP contribution in [0.5, 0.6) is 0 Å². The van der Waals surface area contributed by atoms with Crippen LogP contribution in [0.2, 0.25) is 0 Å². The van der Waals surface area contributed by atoms with Crippen molar-refractivity contribution >= 4 is 28.9 Å². The van der Waals surface area contributed by atoms with Crippen LogP contribution in [0.3, 0.4) is 0 Å². The Balaban J connectivity index is 2.80. The molecule has 0 aliphatic carbocycles. The lowest BCUT2D eigenvalue weighted by Crippen LogP contribution is -2.30. The third-order valence-electron chi connectivity index (χ3n) is 2.00. The Kier molecular flexibility index (Phi) is 3.74. The number of carboxylic acids is 1. The molecule has 4 nitrogen and oxygen atoms in total. The van der Waals surface area contributed by atoms with Gasteiger partial charge in [0.05, 0.1) is 5.92 Å². The van der Waals surface area contributed by atoms with E-state index in [0.717, 1.165) is 4.88 Å². The molecule has 0 aromatic carbocycles. The molecule has 1 aromatic heterocycles. The molecule has 0 fully saturated rings. The van der Waals surface area contributed by atoms with E-state index in [1.165, 1.54) is 18.3 Å². The zero-order valence-electron chi connectivity index (χ0n) is 8.10. The first-order valence-corrected chi connectivity index (χ1v) is 5.20. The van der Waals surface area contributed by atoms with E-state index in [4.69, 9.17) is 5.11 Å². The van der Waals surface area contributed by atoms with Gasteiger partial charge in [0.1, 0.15) is 5.78 Å². The van der Waals surface area contributed by atoms with Crippen molar-refractivity contribution in [2.24, 2.45) is 5.92 Å². The van der Waals surface area contributed by atoms with Gasteiger partial charge in [0, 0.05) is 4.88 Å². The summed E-state index contributed by atoms with van der Waals surface area (Å²) in [5.41, 5.74) is 0. The van der Waals surface area contributed by atoms with Crippen molar-refractivity contribution < 1.29 is 19.5 Å². The van der Waals surface area contributed by atoms with E-state index in [-0.39, 0.29) is 6.42 Å². The topological polar surface area (TPSA) is 71.4 Å². The monoisotopic (exact) mass is 226 g/mol. The molecule has 5 heteroatoms. The lowest BCUT2D eigenvalue weighted by atomic mass is 9.95. The highest BCUT2D eigenvalue weighted by molar-refractivity contribution is 7.09. The molecular weight excluding hydrogens is 216 g/mol. The number of thiophene rings is 1. The van der Waals surface area contributed by atoms with Crippen molar-refractivity contribution in [1.82, 2.24) is 0 Å². The minimum absolute atomic E-state index is 0.179. The Morgan fingerprint density at radius 3 is 2.53 bits per heavy atom. The summed E-state index contributed by atoms with van der Waals surface area (Å²) in [6.45, 7) is 1.24. The second-order valence-corrected chi connectivity index (χ2v) is 4.15. The fourth-order valence-corrected chi connectivity index (χ4v) is 1.95. The smallest absolute Gasteiger partial charge is 0.372 e. The van der Waals surface area contributed by atoms with Crippen LogP contribution >= 0.6 is 11.3 Å². The van der Waals surface area contributed by atoms with E-state index in [0.29, 0.717) is 0 Å². The Morgan fingerprint density at radius 1 is 1.47 bits per heavy atom. The van der Waals surface area contributed by atoms with E-state index < -0.39 is 23.5 Å². The molecule has 1 heterocycles. The number of rotatable bonds is 5. The first-order chi connectivity index (χ1) is 7.02. The van der Waals surface area contributed by atoms with Crippen LogP contribution in [0.25, 0.3) is 0 Å². The average molecular weight is 226 g/mol. The number of carboxylic acid groups (broad SMARTS) is 1. The minimum atomic E-state index is -1.55. The highest BCUT2D eigenvalue weighted by Crippen LogP contribution is 2.16. The molecule has 0 radical (unpaired) electrons. The largest absolute Gasteiger partial charge is 0.475 e. The predicted octanol–water partition coefficient (Wildman–Crippen LogP) is 1.15. The van der Waals surface area contributed by atoms with Gasteiger partial charge in [-0.2, -0.15) is 0 Å². The van der Waals surface area contributed by atoms with Crippen LogP contribution in [0.15, 0.2) is 17.5 Å². The quantitative estimate of drug-likeness (QED) is 0.604. The second-order valence-electron chi connectivity index (χ2n) is 3.12. The molecule has 1 unspecified atom stereocenters. The standard InChI is InChI=1S/C10H10O4S/c1-6(11)8(9(12)10(13)14)5-7-3-2-4-15-7/h2-4,8H,5H2,1H3,(H,13,14). The number of carbonyl (C=O) groups excluding carboxylic acids is 2. The highest BCUT2D eigenvalue weighted by atomic mass is 32.1. The fraction of sp³-hybridized carbons (Fsp3) is 0.300. The maximum absolute atomic E-state index is 11.2. The van der Waals surface area contributed by atoms with Crippen molar-refractivity contribution in [3.63, 3.8) is 0 Å². The summed E-state index contributed by atoms with van der Waals surface area (Å²) in [6.07, 6.45) is 0.179.